The lowest BCUT2D eigenvalue weighted by atomic mass is 9.96. The SMILES string of the molecule is CNC(=O)c1c(-c2ccc(F)cc2)oc2cc(CS(=O)(=O)NCc3ccc(C(=O)OC)cc3)c(-c3ccccc3)cc12. The Hall–Kier alpha value is -4.80. The van der Waals surface area contributed by atoms with Crippen LogP contribution in [0.25, 0.3) is 33.4 Å². The number of carbonyl (C=O) groups is 2. The lowest BCUT2D eigenvalue weighted by Crippen LogP contribution is -2.25. The smallest absolute Gasteiger partial charge is 0.337 e. The van der Waals surface area contributed by atoms with Crippen LogP contribution in [0.5, 0.6) is 0 Å². The fourth-order valence-corrected chi connectivity index (χ4v) is 5.81. The van der Waals surface area contributed by atoms with E-state index in [1.165, 1.54) is 38.4 Å². The average Bonchev–Trinajstić information content (AvgIpc) is 3.38. The molecule has 0 spiro atoms. The quantitative estimate of drug-likeness (QED) is 0.215. The third-order valence-corrected chi connectivity index (χ3v) is 8.05. The Morgan fingerprint density at radius 1 is 0.905 bits per heavy atom. The number of amides is 1. The molecule has 10 heteroatoms. The van der Waals surface area contributed by atoms with Gasteiger partial charge in [-0.1, -0.05) is 42.5 Å². The van der Waals surface area contributed by atoms with Gasteiger partial charge in [0.2, 0.25) is 10.0 Å². The van der Waals surface area contributed by atoms with Crippen LogP contribution in [0, 0.1) is 5.82 Å². The Bertz CT molecular complexity index is 1870. The van der Waals surface area contributed by atoms with Crippen molar-refractivity contribution in [2.75, 3.05) is 14.2 Å². The zero-order valence-corrected chi connectivity index (χ0v) is 23.6. The maximum Gasteiger partial charge on any atom is 0.337 e. The van der Waals surface area contributed by atoms with Gasteiger partial charge in [-0.05, 0) is 70.8 Å². The van der Waals surface area contributed by atoms with Crippen LogP contribution < -0.4 is 10.0 Å². The zero-order valence-electron chi connectivity index (χ0n) is 22.8. The summed E-state index contributed by atoms with van der Waals surface area (Å²) >= 11 is 0. The molecule has 0 unspecified atom stereocenters. The molecule has 0 fully saturated rings. The topological polar surface area (TPSA) is 115 Å². The molecule has 5 rings (SSSR count). The van der Waals surface area contributed by atoms with E-state index in [1.807, 2.05) is 30.3 Å². The third kappa shape index (κ3) is 6.09. The number of halogens is 1. The molecule has 0 saturated carbocycles. The number of rotatable bonds is 9. The molecule has 4 aromatic carbocycles. The molecule has 0 aliphatic carbocycles. The molecule has 1 heterocycles. The largest absolute Gasteiger partial charge is 0.465 e. The van der Waals surface area contributed by atoms with Crippen molar-refractivity contribution in [1.29, 1.82) is 0 Å². The van der Waals surface area contributed by atoms with E-state index in [4.69, 9.17) is 9.15 Å². The van der Waals surface area contributed by atoms with Crippen LogP contribution in [0.3, 0.4) is 0 Å². The van der Waals surface area contributed by atoms with Crippen molar-refractivity contribution in [2.24, 2.45) is 0 Å². The van der Waals surface area contributed by atoms with E-state index in [0.717, 1.165) is 5.56 Å². The van der Waals surface area contributed by atoms with E-state index in [9.17, 15) is 22.4 Å². The van der Waals surface area contributed by atoms with Gasteiger partial charge >= 0.3 is 5.97 Å². The van der Waals surface area contributed by atoms with E-state index in [0.29, 0.717) is 38.8 Å². The standard InChI is InChI=1S/C32H27FN2O6S/c1-34-31(36)29-27-17-26(21-6-4-3-5-7-21)24(16-28(27)41-30(29)22-12-14-25(33)15-13-22)19-42(38,39)35-18-20-8-10-23(11-9-20)32(37)40-2/h3-17,35H,18-19H2,1-2H3,(H,34,36). The molecule has 214 valence electrons. The first kappa shape index (κ1) is 28.7. The molecular formula is C32H27FN2O6S. The molecule has 0 aliphatic heterocycles. The zero-order chi connectivity index (χ0) is 29.9. The highest BCUT2D eigenvalue weighted by molar-refractivity contribution is 7.88. The number of methoxy groups -OCH3 is 1. The Morgan fingerprint density at radius 3 is 2.24 bits per heavy atom. The summed E-state index contributed by atoms with van der Waals surface area (Å²) in [7, 11) is -1.06. The first-order chi connectivity index (χ1) is 20.2. The van der Waals surface area contributed by atoms with Crippen molar-refractivity contribution in [2.45, 2.75) is 12.3 Å². The Balaban J connectivity index is 1.54. The number of furan rings is 1. The highest BCUT2D eigenvalue weighted by Crippen LogP contribution is 2.38. The molecule has 0 aliphatic rings. The minimum absolute atomic E-state index is 0.0169. The van der Waals surface area contributed by atoms with Gasteiger partial charge in [-0.15, -0.1) is 0 Å². The molecule has 5 aromatic rings. The normalized spacial score (nSPS) is 11.4. The maximum absolute atomic E-state index is 13.6. The molecule has 8 nitrogen and oxygen atoms in total. The van der Waals surface area contributed by atoms with Crippen LogP contribution in [0.15, 0.2) is 95.4 Å². The summed E-state index contributed by atoms with van der Waals surface area (Å²) in [6.07, 6.45) is 0. The first-order valence-electron chi connectivity index (χ1n) is 13.0. The molecule has 0 atom stereocenters. The second kappa shape index (κ2) is 12.0. The highest BCUT2D eigenvalue weighted by Gasteiger charge is 2.25. The molecular weight excluding hydrogens is 559 g/mol. The van der Waals surface area contributed by atoms with Gasteiger partial charge < -0.3 is 14.5 Å². The highest BCUT2D eigenvalue weighted by atomic mass is 32.2. The Morgan fingerprint density at radius 2 is 1.60 bits per heavy atom. The van der Waals surface area contributed by atoms with Gasteiger partial charge in [-0.2, -0.15) is 0 Å². The van der Waals surface area contributed by atoms with E-state index in [-0.39, 0.29) is 23.6 Å². The Kier molecular flexibility index (Phi) is 8.19. The summed E-state index contributed by atoms with van der Waals surface area (Å²) in [5.74, 6) is -1.42. The van der Waals surface area contributed by atoms with Crippen LogP contribution in [-0.2, 0) is 27.1 Å². The van der Waals surface area contributed by atoms with Crippen LogP contribution in [0.4, 0.5) is 4.39 Å². The molecule has 0 bridgehead atoms. The summed E-state index contributed by atoms with van der Waals surface area (Å²) in [5.41, 5.74) is 3.94. The number of esters is 1. The molecule has 42 heavy (non-hydrogen) atoms. The molecule has 0 radical (unpaired) electrons. The number of carbonyl (C=O) groups excluding carboxylic acids is 2. The van der Waals surface area contributed by atoms with Crippen LogP contribution in [0.2, 0.25) is 0 Å². The molecule has 0 saturated heterocycles. The summed E-state index contributed by atoms with van der Waals surface area (Å²) < 4.78 is 53.6. The lowest BCUT2D eigenvalue weighted by Gasteiger charge is -2.12. The van der Waals surface area contributed by atoms with Crippen molar-refractivity contribution >= 4 is 32.9 Å². The van der Waals surface area contributed by atoms with E-state index < -0.39 is 27.7 Å². The van der Waals surface area contributed by atoms with Crippen molar-refractivity contribution in [3.8, 4) is 22.5 Å². The van der Waals surface area contributed by atoms with E-state index in [2.05, 4.69) is 10.0 Å². The number of fused-ring (bicyclic) bond motifs is 1. The maximum atomic E-state index is 13.6. The van der Waals surface area contributed by atoms with Crippen LogP contribution >= 0.6 is 0 Å². The second-order valence-corrected chi connectivity index (χ2v) is 11.3. The third-order valence-electron chi connectivity index (χ3n) is 6.78. The number of hydrogen-bond acceptors (Lipinski definition) is 6. The number of sulfonamides is 1. The van der Waals surface area contributed by atoms with Gasteiger partial charge in [0.05, 0.1) is 24.0 Å². The van der Waals surface area contributed by atoms with Crippen molar-refractivity contribution in [3.63, 3.8) is 0 Å². The summed E-state index contributed by atoms with van der Waals surface area (Å²) in [6, 6.07) is 24.6. The monoisotopic (exact) mass is 586 g/mol. The Labute approximate surface area is 242 Å². The van der Waals surface area contributed by atoms with Crippen LogP contribution in [-0.4, -0.2) is 34.5 Å². The minimum atomic E-state index is -3.85. The summed E-state index contributed by atoms with van der Waals surface area (Å²) in [4.78, 5) is 24.7. The number of hydrogen-bond donors (Lipinski definition) is 2. The number of ether oxygens (including phenoxy) is 1. The van der Waals surface area contributed by atoms with Gasteiger partial charge in [-0.3, -0.25) is 4.79 Å². The summed E-state index contributed by atoms with van der Waals surface area (Å²) in [6.45, 7) is 0.0169. The van der Waals surface area contributed by atoms with Gasteiger partial charge in [-0.25, -0.2) is 22.3 Å². The fraction of sp³-hybridized carbons (Fsp3) is 0.125. The van der Waals surface area contributed by atoms with E-state index in [1.54, 1.807) is 36.4 Å². The molecule has 1 aromatic heterocycles. The van der Waals surface area contributed by atoms with Gasteiger partial charge in [0.15, 0.2) is 0 Å². The van der Waals surface area contributed by atoms with Crippen molar-refractivity contribution in [3.05, 3.63) is 119 Å². The number of benzene rings is 4. The molecule has 2 N–H and O–H groups in total. The lowest BCUT2D eigenvalue weighted by molar-refractivity contribution is 0.0600. The van der Waals surface area contributed by atoms with Crippen molar-refractivity contribution in [1.82, 2.24) is 10.0 Å². The predicted octanol–water partition coefficient (Wildman–Crippen LogP) is 5.67. The minimum Gasteiger partial charge on any atom is -0.465 e. The first-order valence-corrected chi connectivity index (χ1v) is 14.6. The number of nitrogens with one attached hydrogen (secondary N) is 2. The fourth-order valence-electron chi connectivity index (χ4n) is 4.67. The van der Waals surface area contributed by atoms with E-state index >= 15 is 0 Å². The second-order valence-electron chi connectivity index (χ2n) is 9.53. The van der Waals surface area contributed by atoms with Gasteiger partial charge in [0, 0.05) is 24.5 Å². The molecule has 1 amide bonds. The summed E-state index contributed by atoms with van der Waals surface area (Å²) in [5, 5.41) is 3.13. The predicted molar refractivity (Wildman–Crippen MR) is 158 cm³/mol. The van der Waals surface area contributed by atoms with Gasteiger partial charge in [0.25, 0.3) is 5.91 Å². The van der Waals surface area contributed by atoms with Crippen LogP contribution in [0.1, 0.15) is 31.8 Å². The van der Waals surface area contributed by atoms with Crippen molar-refractivity contribution < 1.29 is 31.6 Å². The van der Waals surface area contributed by atoms with Gasteiger partial charge in [0.1, 0.15) is 17.2 Å². The average molecular weight is 587 g/mol.